The van der Waals surface area contributed by atoms with Gasteiger partial charge in [-0.1, -0.05) is 20.8 Å². The maximum atomic E-state index is 12.0. The first-order valence-corrected chi connectivity index (χ1v) is 6.13. The largest absolute Gasteiger partial charge is 0.306 e. The average molecular weight is 216 g/mol. The summed E-state index contributed by atoms with van der Waals surface area (Å²) in [6.45, 7) is 6.05. The molecule has 80 valence electrons. The molecule has 2 fully saturated rings. The Hall–Kier alpha value is -0.220. The van der Waals surface area contributed by atoms with Crippen molar-refractivity contribution in [1.82, 2.24) is 0 Å². The van der Waals surface area contributed by atoms with Crippen molar-refractivity contribution in [3.8, 4) is 0 Å². The van der Waals surface area contributed by atoms with Crippen molar-refractivity contribution in [2.75, 3.05) is 0 Å². The molecule has 4 unspecified atom stereocenters. The highest BCUT2D eigenvalue weighted by Gasteiger charge is 2.67. The van der Waals surface area contributed by atoms with Gasteiger partial charge in [0.05, 0.1) is 0 Å². The number of hydrogen-bond acceptors (Lipinski definition) is 2. The number of fused-ring (bicyclic) bond motifs is 2. The number of carbonyl (C=O) groups is 1. The van der Waals surface area contributed by atoms with Gasteiger partial charge in [0.1, 0.15) is 5.25 Å². The topological polar surface area (TPSA) is 54.4 Å². The Balaban J connectivity index is 2.49. The van der Waals surface area contributed by atoms with E-state index in [1.807, 2.05) is 6.92 Å². The molecule has 2 aliphatic rings. The molecule has 4 heteroatoms. The first-order chi connectivity index (χ1) is 6.32. The molecule has 0 radical (unpaired) electrons. The van der Waals surface area contributed by atoms with Crippen LogP contribution in [0.3, 0.4) is 0 Å². The van der Waals surface area contributed by atoms with Gasteiger partial charge >= 0.3 is 0 Å². The third-order valence-electron chi connectivity index (χ3n) is 4.69. The van der Waals surface area contributed by atoms with E-state index in [0.29, 0.717) is 0 Å². The van der Waals surface area contributed by atoms with E-state index in [9.17, 15) is 9.00 Å². The summed E-state index contributed by atoms with van der Waals surface area (Å²) in [6, 6.07) is 0. The van der Waals surface area contributed by atoms with Crippen LogP contribution in [0.15, 0.2) is 0 Å². The predicted octanol–water partition coefficient (Wildman–Crippen LogP) is 1.60. The van der Waals surface area contributed by atoms with Gasteiger partial charge in [0.2, 0.25) is 0 Å². The molecule has 0 aromatic rings. The van der Waals surface area contributed by atoms with Crippen molar-refractivity contribution in [3.63, 3.8) is 0 Å². The summed E-state index contributed by atoms with van der Waals surface area (Å²) in [5.41, 5.74) is -0.492. The van der Waals surface area contributed by atoms with E-state index < -0.39 is 16.3 Å². The molecule has 14 heavy (non-hydrogen) atoms. The SMILES string of the molecule is CC12CCC(C(S(=O)O)C1=O)C2(C)C. The van der Waals surface area contributed by atoms with Crippen LogP contribution in [0.4, 0.5) is 0 Å². The fourth-order valence-electron chi connectivity index (χ4n) is 3.24. The van der Waals surface area contributed by atoms with Gasteiger partial charge in [0.15, 0.2) is 16.9 Å². The molecule has 0 heterocycles. The first kappa shape index (κ1) is 10.3. The van der Waals surface area contributed by atoms with Crippen LogP contribution in [0.1, 0.15) is 33.6 Å². The van der Waals surface area contributed by atoms with E-state index >= 15 is 0 Å². The maximum Gasteiger partial charge on any atom is 0.163 e. The Morgan fingerprint density at radius 2 is 2.00 bits per heavy atom. The third-order valence-corrected chi connectivity index (χ3v) is 5.67. The van der Waals surface area contributed by atoms with Crippen LogP contribution >= 0.6 is 0 Å². The van der Waals surface area contributed by atoms with E-state index in [0.717, 1.165) is 12.8 Å². The molecular formula is C10H16O3S. The highest BCUT2D eigenvalue weighted by molar-refractivity contribution is 7.80. The zero-order valence-electron chi connectivity index (χ0n) is 8.74. The normalized spacial score (nSPS) is 47.0. The molecule has 0 aromatic carbocycles. The van der Waals surface area contributed by atoms with Gasteiger partial charge in [-0.05, 0) is 24.2 Å². The minimum absolute atomic E-state index is 0.000386. The summed E-state index contributed by atoms with van der Waals surface area (Å²) >= 11 is -1.99. The Kier molecular flexibility index (Phi) is 1.96. The molecule has 2 saturated carbocycles. The summed E-state index contributed by atoms with van der Waals surface area (Å²) < 4.78 is 20.3. The average Bonchev–Trinajstić information content (AvgIpc) is 2.35. The highest BCUT2D eigenvalue weighted by Crippen LogP contribution is 2.64. The molecule has 3 nitrogen and oxygen atoms in total. The van der Waals surface area contributed by atoms with Crippen LogP contribution in [-0.4, -0.2) is 19.8 Å². The van der Waals surface area contributed by atoms with Crippen molar-refractivity contribution in [2.24, 2.45) is 16.7 Å². The van der Waals surface area contributed by atoms with Gasteiger partial charge in [-0.25, -0.2) is 4.21 Å². The van der Waals surface area contributed by atoms with Gasteiger partial charge in [0, 0.05) is 5.41 Å². The highest BCUT2D eigenvalue weighted by atomic mass is 32.2. The summed E-state index contributed by atoms with van der Waals surface area (Å²) in [6.07, 6.45) is 1.78. The number of ketones is 1. The molecule has 4 atom stereocenters. The molecule has 0 aromatic heterocycles. The lowest BCUT2D eigenvalue weighted by molar-refractivity contribution is -0.127. The lowest BCUT2D eigenvalue weighted by Crippen LogP contribution is -2.36. The van der Waals surface area contributed by atoms with E-state index in [2.05, 4.69) is 13.8 Å². The zero-order chi connectivity index (χ0) is 10.7. The fraction of sp³-hybridized carbons (Fsp3) is 0.900. The van der Waals surface area contributed by atoms with Crippen LogP contribution in [0.2, 0.25) is 0 Å². The minimum Gasteiger partial charge on any atom is -0.306 e. The quantitative estimate of drug-likeness (QED) is 0.677. The summed E-state index contributed by atoms with van der Waals surface area (Å²) in [5, 5.41) is -0.635. The Morgan fingerprint density at radius 3 is 2.29 bits per heavy atom. The predicted molar refractivity (Wildman–Crippen MR) is 54.2 cm³/mol. The summed E-state index contributed by atoms with van der Waals surface area (Å²) in [4.78, 5) is 12.0. The molecule has 2 bridgehead atoms. The van der Waals surface area contributed by atoms with E-state index in [-0.39, 0.29) is 22.5 Å². The van der Waals surface area contributed by atoms with E-state index in [1.54, 1.807) is 0 Å². The summed E-state index contributed by atoms with van der Waals surface area (Å²) in [5.74, 6) is 0.0883. The van der Waals surface area contributed by atoms with Crippen LogP contribution in [0.5, 0.6) is 0 Å². The standard InChI is InChI=1S/C10H16O3S/c1-9(2)6-4-5-10(9,3)8(11)7(6)14(12)13/h6-7H,4-5H2,1-3H3,(H,12,13). The first-order valence-electron chi connectivity index (χ1n) is 4.96. The van der Waals surface area contributed by atoms with Crippen LogP contribution in [-0.2, 0) is 15.9 Å². The monoisotopic (exact) mass is 216 g/mol. The second-order valence-corrected chi connectivity index (χ2v) is 6.32. The minimum atomic E-state index is -1.99. The molecule has 0 saturated heterocycles. The van der Waals surface area contributed by atoms with Gasteiger partial charge in [-0.2, -0.15) is 0 Å². The van der Waals surface area contributed by atoms with Crippen molar-refractivity contribution in [1.29, 1.82) is 0 Å². The Morgan fingerprint density at radius 1 is 1.43 bits per heavy atom. The van der Waals surface area contributed by atoms with Crippen LogP contribution < -0.4 is 0 Å². The molecule has 2 aliphatic carbocycles. The molecule has 0 aliphatic heterocycles. The van der Waals surface area contributed by atoms with Gasteiger partial charge in [-0.3, -0.25) is 4.79 Å². The smallest absolute Gasteiger partial charge is 0.163 e. The lowest BCUT2D eigenvalue weighted by Gasteiger charge is -2.32. The van der Waals surface area contributed by atoms with Gasteiger partial charge in [0.25, 0.3) is 0 Å². The summed E-state index contributed by atoms with van der Waals surface area (Å²) in [7, 11) is 0. The van der Waals surface area contributed by atoms with Crippen molar-refractivity contribution >= 4 is 16.9 Å². The van der Waals surface area contributed by atoms with Crippen molar-refractivity contribution < 1.29 is 13.6 Å². The number of rotatable bonds is 1. The molecular weight excluding hydrogens is 200 g/mol. The fourth-order valence-corrected chi connectivity index (χ4v) is 4.44. The maximum absolute atomic E-state index is 12.0. The molecule has 1 N–H and O–H groups in total. The molecule has 2 rings (SSSR count). The van der Waals surface area contributed by atoms with Crippen LogP contribution in [0.25, 0.3) is 0 Å². The van der Waals surface area contributed by atoms with Crippen molar-refractivity contribution in [2.45, 2.75) is 38.9 Å². The van der Waals surface area contributed by atoms with Gasteiger partial charge in [-0.15, -0.1) is 0 Å². The Bertz CT molecular complexity index is 323. The third kappa shape index (κ3) is 0.910. The number of Topliss-reactive ketones (excluding diaryl/α,β-unsaturated/α-hetero) is 1. The van der Waals surface area contributed by atoms with E-state index in [4.69, 9.17) is 4.55 Å². The Labute approximate surface area is 86.6 Å². The second kappa shape index (κ2) is 2.67. The second-order valence-electron chi connectivity index (χ2n) is 5.26. The number of carbonyl (C=O) groups excluding carboxylic acids is 1. The number of hydrogen-bond donors (Lipinski definition) is 1. The van der Waals surface area contributed by atoms with Gasteiger partial charge < -0.3 is 4.55 Å². The lowest BCUT2D eigenvalue weighted by atomic mass is 9.70. The van der Waals surface area contributed by atoms with Crippen LogP contribution in [0, 0.1) is 16.7 Å². The van der Waals surface area contributed by atoms with Crippen molar-refractivity contribution in [3.05, 3.63) is 0 Å². The zero-order valence-corrected chi connectivity index (χ0v) is 9.56. The molecule has 0 amide bonds. The molecule has 0 spiro atoms. The van der Waals surface area contributed by atoms with E-state index in [1.165, 1.54) is 0 Å².